The summed E-state index contributed by atoms with van der Waals surface area (Å²) >= 11 is 6.13. The van der Waals surface area contributed by atoms with Crippen molar-refractivity contribution in [2.24, 2.45) is 0 Å². The second-order valence-electron chi connectivity index (χ2n) is 7.08. The Balaban J connectivity index is 2.33. The molecule has 1 atom stereocenters. The Hall–Kier alpha value is -2.53. The largest absolute Gasteiger partial charge is 0.377 e. The molecule has 1 unspecified atom stereocenters. The molecule has 0 aromatic heterocycles. The van der Waals surface area contributed by atoms with Gasteiger partial charge in [-0.25, -0.2) is 0 Å². The summed E-state index contributed by atoms with van der Waals surface area (Å²) in [5.74, 6) is -0.232. The predicted octanol–water partition coefficient (Wildman–Crippen LogP) is 4.81. The molecule has 0 fully saturated rings. The second kappa shape index (κ2) is 9.60. The van der Waals surface area contributed by atoms with Gasteiger partial charge in [0, 0.05) is 45.0 Å². The van der Waals surface area contributed by atoms with E-state index < -0.39 is 0 Å². The first-order chi connectivity index (χ1) is 13.2. The van der Waals surface area contributed by atoms with E-state index in [0.717, 1.165) is 17.7 Å². The summed E-state index contributed by atoms with van der Waals surface area (Å²) in [7, 11) is 3.92. The molecule has 2 aromatic rings. The quantitative estimate of drug-likeness (QED) is 0.724. The van der Waals surface area contributed by atoms with Gasteiger partial charge in [0.05, 0.1) is 10.6 Å². The van der Waals surface area contributed by atoms with Crippen LogP contribution in [0.5, 0.6) is 0 Å². The standard InChI is InChI=1S/C22H28ClN3O2/c1-6-15(2)26(16(3)27)14-17-13-18(11-12-21(17)25(4)5)24-22(28)19-9-7-8-10-20(19)23/h7-13,15H,6,14H2,1-5H3,(H,24,28). The predicted molar refractivity (Wildman–Crippen MR) is 116 cm³/mol. The SMILES string of the molecule is CCC(C)N(Cc1cc(NC(=O)c2ccccc2Cl)ccc1N(C)C)C(C)=O. The fourth-order valence-corrected chi connectivity index (χ4v) is 3.27. The Morgan fingerprint density at radius 3 is 2.39 bits per heavy atom. The number of rotatable bonds is 7. The molecule has 0 aliphatic heterocycles. The molecular formula is C22H28ClN3O2. The van der Waals surface area contributed by atoms with Crippen LogP contribution in [0.3, 0.4) is 0 Å². The van der Waals surface area contributed by atoms with Gasteiger partial charge in [-0.05, 0) is 49.2 Å². The van der Waals surface area contributed by atoms with E-state index >= 15 is 0 Å². The zero-order valence-corrected chi connectivity index (χ0v) is 17.9. The van der Waals surface area contributed by atoms with E-state index in [4.69, 9.17) is 11.6 Å². The summed E-state index contributed by atoms with van der Waals surface area (Å²) in [5, 5.41) is 3.31. The highest BCUT2D eigenvalue weighted by molar-refractivity contribution is 6.34. The molecule has 0 bridgehead atoms. The molecule has 2 amide bonds. The van der Waals surface area contributed by atoms with E-state index in [1.807, 2.05) is 49.0 Å². The number of hydrogen-bond donors (Lipinski definition) is 1. The van der Waals surface area contributed by atoms with Crippen LogP contribution in [0.2, 0.25) is 5.02 Å². The summed E-state index contributed by atoms with van der Waals surface area (Å²) in [6.07, 6.45) is 0.875. The molecule has 0 saturated carbocycles. The maximum absolute atomic E-state index is 12.6. The van der Waals surface area contributed by atoms with Gasteiger partial charge in [-0.3, -0.25) is 9.59 Å². The Morgan fingerprint density at radius 1 is 1.14 bits per heavy atom. The molecule has 5 nitrogen and oxygen atoms in total. The monoisotopic (exact) mass is 401 g/mol. The minimum Gasteiger partial charge on any atom is -0.377 e. The van der Waals surface area contributed by atoms with Crippen LogP contribution in [-0.4, -0.2) is 36.9 Å². The number of anilines is 2. The third-order valence-corrected chi connectivity index (χ3v) is 5.14. The van der Waals surface area contributed by atoms with Crippen LogP contribution in [0.25, 0.3) is 0 Å². The van der Waals surface area contributed by atoms with Crippen molar-refractivity contribution in [2.75, 3.05) is 24.3 Å². The summed E-state index contributed by atoms with van der Waals surface area (Å²) in [6.45, 7) is 6.17. The molecule has 0 radical (unpaired) electrons. The zero-order chi connectivity index (χ0) is 20.8. The van der Waals surface area contributed by atoms with E-state index in [1.165, 1.54) is 0 Å². The van der Waals surface area contributed by atoms with Crippen molar-refractivity contribution < 1.29 is 9.59 Å². The molecule has 2 aromatic carbocycles. The smallest absolute Gasteiger partial charge is 0.257 e. The van der Waals surface area contributed by atoms with Crippen molar-refractivity contribution in [1.82, 2.24) is 4.90 Å². The van der Waals surface area contributed by atoms with Crippen molar-refractivity contribution in [3.8, 4) is 0 Å². The lowest BCUT2D eigenvalue weighted by molar-refractivity contribution is -0.131. The molecule has 0 spiro atoms. The third kappa shape index (κ3) is 5.26. The molecule has 2 rings (SSSR count). The average molecular weight is 402 g/mol. The fourth-order valence-electron chi connectivity index (χ4n) is 3.05. The fraction of sp³-hybridized carbons (Fsp3) is 0.364. The number of nitrogens with zero attached hydrogens (tertiary/aromatic N) is 2. The van der Waals surface area contributed by atoms with Gasteiger partial charge in [0.25, 0.3) is 5.91 Å². The molecule has 150 valence electrons. The van der Waals surface area contributed by atoms with Crippen LogP contribution < -0.4 is 10.2 Å². The van der Waals surface area contributed by atoms with E-state index in [9.17, 15) is 9.59 Å². The molecule has 28 heavy (non-hydrogen) atoms. The Morgan fingerprint density at radius 2 is 1.82 bits per heavy atom. The number of carbonyl (C=O) groups is 2. The highest BCUT2D eigenvalue weighted by Gasteiger charge is 2.19. The summed E-state index contributed by atoms with van der Waals surface area (Å²) in [5.41, 5.74) is 3.06. The van der Waals surface area contributed by atoms with Crippen LogP contribution >= 0.6 is 11.6 Å². The lowest BCUT2D eigenvalue weighted by Gasteiger charge is -2.29. The van der Waals surface area contributed by atoms with Gasteiger partial charge < -0.3 is 15.1 Å². The highest BCUT2D eigenvalue weighted by atomic mass is 35.5. The van der Waals surface area contributed by atoms with Gasteiger partial charge in [0.15, 0.2) is 0 Å². The molecular weight excluding hydrogens is 374 g/mol. The van der Waals surface area contributed by atoms with Crippen LogP contribution in [0, 0.1) is 0 Å². The van der Waals surface area contributed by atoms with Gasteiger partial charge in [-0.15, -0.1) is 0 Å². The number of benzene rings is 2. The zero-order valence-electron chi connectivity index (χ0n) is 17.1. The summed E-state index contributed by atoms with van der Waals surface area (Å²) in [6, 6.07) is 12.8. The molecule has 6 heteroatoms. The summed E-state index contributed by atoms with van der Waals surface area (Å²) < 4.78 is 0. The third-order valence-electron chi connectivity index (χ3n) is 4.81. The maximum Gasteiger partial charge on any atom is 0.257 e. The van der Waals surface area contributed by atoms with Gasteiger partial charge >= 0.3 is 0 Å². The minimum absolute atomic E-state index is 0.0320. The highest BCUT2D eigenvalue weighted by Crippen LogP contribution is 2.26. The maximum atomic E-state index is 12.6. The number of amides is 2. The van der Waals surface area contributed by atoms with E-state index in [-0.39, 0.29) is 17.9 Å². The Bertz CT molecular complexity index is 851. The van der Waals surface area contributed by atoms with E-state index in [2.05, 4.69) is 12.2 Å². The van der Waals surface area contributed by atoms with Gasteiger partial charge in [-0.1, -0.05) is 30.7 Å². The Labute approximate surface area is 172 Å². The molecule has 0 heterocycles. The first-order valence-electron chi connectivity index (χ1n) is 9.37. The minimum atomic E-state index is -0.264. The molecule has 0 saturated heterocycles. The second-order valence-corrected chi connectivity index (χ2v) is 7.48. The van der Waals surface area contributed by atoms with Crippen LogP contribution in [-0.2, 0) is 11.3 Å². The van der Waals surface area contributed by atoms with Gasteiger partial charge in [0.2, 0.25) is 5.91 Å². The first kappa shape index (κ1) is 21.8. The molecule has 0 aliphatic rings. The van der Waals surface area contributed by atoms with Crippen molar-refractivity contribution in [1.29, 1.82) is 0 Å². The van der Waals surface area contributed by atoms with Crippen LogP contribution in [0.15, 0.2) is 42.5 Å². The van der Waals surface area contributed by atoms with Gasteiger partial charge in [-0.2, -0.15) is 0 Å². The number of nitrogens with one attached hydrogen (secondary N) is 1. The normalized spacial score (nSPS) is 11.6. The van der Waals surface area contributed by atoms with E-state index in [1.54, 1.807) is 31.2 Å². The van der Waals surface area contributed by atoms with Crippen molar-refractivity contribution in [3.05, 3.63) is 58.6 Å². The van der Waals surface area contributed by atoms with Crippen LogP contribution in [0.1, 0.15) is 43.1 Å². The Kier molecular flexibility index (Phi) is 7.46. The van der Waals surface area contributed by atoms with E-state index in [0.29, 0.717) is 22.8 Å². The lowest BCUT2D eigenvalue weighted by Crippen LogP contribution is -2.36. The van der Waals surface area contributed by atoms with Crippen molar-refractivity contribution >= 4 is 34.8 Å². The number of carbonyl (C=O) groups excluding carboxylic acids is 2. The average Bonchev–Trinajstić information content (AvgIpc) is 2.65. The molecule has 1 N–H and O–H groups in total. The van der Waals surface area contributed by atoms with Crippen molar-refractivity contribution in [2.45, 2.75) is 39.8 Å². The van der Waals surface area contributed by atoms with Crippen molar-refractivity contribution in [3.63, 3.8) is 0 Å². The van der Waals surface area contributed by atoms with Crippen LogP contribution in [0.4, 0.5) is 11.4 Å². The van der Waals surface area contributed by atoms with Gasteiger partial charge in [0.1, 0.15) is 0 Å². The summed E-state index contributed by atoms with van der Waals surface area (Å²) in [4.78, 5) is 28.6. The lowest BCUT2D eigenvalue weighted by atomic mass is 10.1. The first-order valence-corrected chi connectivity index (χ1v) is 9.75. The number of halogens is 1. The number of hydrogen-bond acceptors (Lipinski definition) is 3. The topological polar surface area (TPSA) is 52.7 Å². The molecule has 0 aliphatic carbocycles.